The molecule has 0 saturated carbocycles. The Morgan fingerprint density at radius 1 is 1.24 bits per heavy atom. The highest BCUT2D eigenvalue weighted by Gasteiger charge is 2.39. The van der Waals surface area contributed by atoms with Gasteiger partial charge >= 0.3 is 0 Å². The quantitative estimate of drug-likeness (QED) is 0.826. The highest BCUT2D eigenvalue weighted by Crippen LogP contribution is 2.31. The van der Waals surface area contributed by atoms with Crippen molar-refractivity contribution >= 4 is 15.9 Å². The van der Waals surface area contributed by atoms with Crippen LogP contribution in [0, 0.1) is 5.82 Å². The number of nitrogens with zero attached hydrogens (tertiary/aromatic N) is 1. The summed E-state index contributed by atoms with van der Waals surface area (Å²) >= 11 is 3.23. The molecule has 116 valence electrons. The van der Waals surface area contributed by atoms with Gasteiger partial charge in [-0.3, -0.25) is 4.90 Å². The summed E-state index contributed by atoms with van der Waals surface area (Å²) in [5.74, 6) is -0.376. The number of piperidine rings is 1. The lowest BCUT2D eigenvalue weighted by Gasteiger charge is -2.37. The number of benzene rings is 1. The van der Waals surface area contributed by atoms with E-state index in [4.69, 9.17) is 14.2 Å². The number of ether oxygens (including phenoxy) is 3. The van der Waals surface area contributed by atoms with Gasteiger partial charge in [-0.2, -0.15) is 0 Å². The molecule has 0 amide bonds. The Hall–Kier alpha value is -0.690. The molecule has 21 heavy (non-hydrogen) atoms. The number of halogens is 2. The highest BCUT2D eigenvalue weighted by atomic mass is 79.9. The third kappa shape index (κ3) is 3.74. The van der Waals surface area contributed by atoms with Crippen LogP contribution in [-0.4, -0.2) is 50.1 Å². The first-order valence-electron chi connectivity index (χ1n) is 7.25. The third-order valence-electron chi connectivity index (χ3n) is 3.99. The van der Waals surface area contributed by atoms with E-state index in [1.807, 2.05) is 0 Å². The molecule has 0 radical (unpaired) electrons. The Bertz CT molecular complexity index is 484. The third-order valence-corrected chi connectivity index (χ3v) is 4.48. The molecule has 4 nitrogen and oxygen atoms in total. The van der Waals surface area contributed by atoms with Gasteiger partial charge in [-0.1, -0.05) is 15.9 Å². The molecule has 6 heteroatoms. The first-order valence-corrected chi connectivity index (χ1v) is 8.04. The Morgan fingerprint density at radius 3 is 2.62 bits per heavy atom. The van der Waals surface area contributed by atoms with Crippen molar-refractivity contribution in [1.82, 2.24) is 4.90 Å². The summed E-state index contributed by atoms with van der Waals surface area (Å²) in [6.07, 6.45) is 1.78. The largest absolute Gasteiger partial charge is 0.489 e. The van der Waals surface area contributed by atoms with Gasteiger partial charge in [0, 0.05) is 36.9 Å². The molecule has 0 unspecified atom stereocenters. The molecule has 0 bridgehead atoms. The van der Waals surface area contributed by atoms with Crippen LogP contribution >= 0.6 is 15.9 Å². The SMILES string of the molecule is Fc1cc(Br)ccc1OCCN1CCC2(CC1)OCCO2. The fraction of sp³-hybridized carbons (Fsp3) is 0.600. The molecule has 1 aromatic rings. The summed E-state index contributed by atoms with van der Waals surface area (Å²) in [7, 11) is 0. The van der Waals surface area contributed by atoms with Crippen LogP contribution in [0.25, 0.3) is 0 Å². The zero-order valence-corrected chi connectivity index (χ0v) is 13.4. The minimum atomic E-state index is -0.338. The monoisotopic (exact) mass is 359 g/mol. The molecule has 0 aliphatic carbocycles. The van der Waals surface area contributed by atoms with Crippen molar-refractivity contribution in [1.29, 1.82) is 0 Å². The normalized spacial score (nSPS) is 21.8. The second-order valence-corrected chi connectivity index (χ2v) is 6.29. The van der Waals surface area contributed by atoms with Crippen molar-refractivity contribution < 1.29 is 18.6 Å². The molecule has 3 rings (SSSR count). The summed E-state index contributed by atoms with van der Waals surface area (Å²) in [4.78, 5) is 2.30. The fourth-order valence-electron chi connectivity index (χ4n) is 2.78. The number of hydrogen-bond acceptors (Lipinski definition) is 4. The van der Waals surface area contributed by atoms with Crippen LogP contribution in [0.2, 0.25) is 0 Å². The van der Waals surface area contributed by atoms with Gasteiger partial charge in [0.25, 0.3) is 0 Å². The predicted octanol–water partition coefficient (Wildman–Crippen LogP) is 2.81. The topological polar surface area (TPSA) is 30.9 Å². The second-order valence-electron chi connectivity index (χ2n) is 5.37. The molecule has 2 fully saturated rings. The highest BCUT2D eigenvalue weighted by molar-refractivity contribution is 9.10. The fourth-order valence-corrected chi connectivity index (χ4v) is 3.11. The summed E-state index contributed by atoms with van der Waals surface area (Å²) in [5.41, 5.74) is 0. The van der Waals surface area contributed by atoms with Gasteiger partial charge in [-0.25, -0.2) is 4.39 Å². The van der Waals surface area contributed by atoms with Gasteiger partial charge in [0.1, 0.15) is 6.61 Å². The van der Waals surface area contributed by atoms with Crippen molar-refractivity contribution in [2.45, 2.75) is 18.6 Å². The summed E-state index contributed by atoms with van der Waals surface area (Å²) in [6.45, 7) is 4.51. The summed E-state index contributed by atoms with van der Waals surface area (Å²) < 4.78 is 31.2. The van der Waals surface area contributed by atoms with Gasteiger partial charge in [-0.15, -0.1) is 0 Å². The molecule has 0 atom stereocenters. The Morgan fingerprint density at radius 2 is 1.95 bits per heavy atom. The maximum atomic E-state index is 13.6. The molecule has 2 aliphatic heterocycles. The molecule has 0 aromatic heterocycles. The van der Waals surface area contributed by atoms with Crippen LogP contribution in [0.4, 0.5) is 4.39 Å². The first-order chi connectivity index (χ1) is 10.2. The zero-order valence-electron chi connectivity index (χ0n) is 11.8. The van der Waals surface area contributed by atoms with E-state index in [1.54, 1.807) is 12.1 Å². The average molecular weight is 360 g/mol. The standard InChI is InChI=1S/C15H19BrFNO3/c16-12-1-2-14(13(17)11-12)19-8-7-18-5-3-15(4-6-18)20-9-10-21-15/h1-2,11H,3-10H2. The molecule has 2 heterocycles. The Labute approximate surface area is 132 Å². The molecule has 1 aromatic carbocycles. The minimum Gasteiger partial charge on any atom is -0.489 e. The van der Waals surface area contributed by atoms with E-state index in [1.165, 1.54) is 6.07 Å². The average Bonchev–Trinajstić information content (AvgIpc) is 2.92. The van der Waals surface area contributed by atoms with Crippen molar-refractivity contribution in [3.63, 3.8) is 0 Å². The van der Waals surface area contributed by atoms with Crippen LogP contribution in [0.15, 0.2) is 22.7 Å². The molecule has 2 saturated heterocycles. The molecule has 1 spiro atoms. The van der Waals surface area contributed by atoms with Gasteiger partial charge in [0.05, 0.1) is 13.2 Å². The van der Waals surface area contributed by atoms with Crippen molar-refractivity contribution in [3.8, 4) is 5.75 Å². The van der Waals surface area contributed by atoms with Crippen LogP contribution in [0.3, 0.4) is 0 Å². The van der Waals surface area contributed by atoms with Crippen LogP contribution in [0.5, 0.6) is 5.75 Å². The first kappa shape index (κ1) is 15.2. The van der Waals surface area contributed by atoms with Crippen LogP contribution in [0.1, 0.15) is 12.8 Å². The number of likely N-dealkylation sites (tertiary alicyclic amines) is 1. The van der Waals surface area contributed by atoms with Gasteiger partial charge in [-0.05, 0) is 18.2 Å². The van der Waals surface area contributed by atoms with Crippen molar-refractivity contribution in [2.75, 3.05) is 39.5 Å². The smallest absolute Gasteiger partial charge is 0.170 e. The molecular weight excluding hydrogens is 341 g/mol. The van der Waals surface area contributed by atoms with E-state index in [0.717, 1.165) is 32.5 Å². The van der Waals surface area contributed by atoms with E-state index >= 15 is 0 Å². The number of rotatable bonds is 4. The zero-order chi connectivity index (χ0) is 14.7. The lowest BCUT2D eigenvalue weighted by Crippen LogP contribution is -2.46. The molecule has 0 N–H and O–H groups in total. The maximum Gasteiger partial charge on any atom is 0.170 e. The predicted molar refractivity (Wildman–Crippen MR) is 79.9 cm³/mol. The van der Waals surface area contributed by atoms with E-state index in [2.05, 4.69) is 20.8 Å². The second kappa shape index (κ2) is 6.60. The Balaban J connectivity index is 1.42. The number of hydrogen-bond donors (Lipinski definition) is 0. The van der Waals surface area contributed by atoms with Crippen molar-refractivity contribution in [3.05, 3.63) is 28.5 Å². The van der Waals surface area contributed by atoms with Crippen LogP contribution < -0.4 is 4.74 Å². The van der Waals surface area contributed by atoms with Crippen LogP contribution in [-0.2, 0) is 9.47 Å². The Kier molecular flexibility index (Phi) is 4.78. The van der Waals surface area contributed by atoms with Gasteiger partial charge in [0.2, 0.25) is 0 Å². The lowest BCUT2D eigenvalue weighted by molar-refractivity contribution is -0.185. The van der Waals surface area contributed by atoms with Crippen molar-refractivity contribution in [2.24, 2.45) is 0 Å². The lowest BCUT2D eigenvalue weighted by atomic mass is 10.0. The van der Waals surface area contributed by atoms with E-state index < -0.39 is 0 Å². The summed E-state index contributed by atoms with van der Waals surface area (Å²) in [6, 6.07) is 4.83. The summed E-state index contributed by atoms with van der Waals surface area (Å²) in [5, 5.41) is 0. The van der Waals surface area contributed by atoms with E-state index in [-0.39, 0.29) is 11.6 Å². The maximum absolute atomic E-state index is 13.6. The van der Waals surface area contributed by atoms with E-state index in [9.17, 15) is 4.39 Å². The molecular formula is C15H19BrFNO3. The van der Waals surface area contributed by atoms with E-state index in [0.29, 0.717) is 30.0 Å². The molecule has 2 aliphatic rings. The van der Waals surface area contributed by atoms with Gasteiger partial charge in [0.15, 0.2) is 17.4 Å². The van der Waals surface area contributed by atoms with Gasteiger partial charge < -0.3 is 14.2 Å². The minimum absolute atomic E-state index is 0.300.